The topological polar surface area (TPSA) is 4.93 Å². The van der Waals surface area contributed by atoms with E-state index < -0.39 is 0 Å². The van der Waals surface area contributed by atoms with Gasteiger partial charge in [-0.3, -0.25) is 0 Å². The van der Waals surface area contributed by atoms with Crippen molar-refractivity contribution in [3.8, 4) is 11.3 Å². The Morgan fingerprint density at radius 1 is 0.750 bits per heavy atom. The number of benzene rings is 2. The van der Waals surface area contributed by atoms with Crippen molar-refractivity contribution in [2.75, 3.05) is 0 Å². The molecule has 0 aliphatic heterocycles. The van der Waals surface area contributed by atoms with E-state index in [-0.39, 0.29) is 0 Å². The Balaban J connectivity index is 1.85. The molecule has 0 fully saturated rings. The number of rotatable bonds is 4. The second kappa shape index (κ2) is 5.79. The highest BCUT2D eigenvalue weighted by Gasteiger charge is 2.09. The highest BCUT2D eigenvalue weighted by molar-refractivity contribution is 5.64. The number of hydrogen-bond acceptors (Lipinski definition) is 0. The molecule has 0 atom stereocenters. The van der Waals surface area contributed by atoms with Crippen molar-refractivity contribution in [2.24, 2.45) is 7.05 Å². The molecule has 1 heteroatoms. The summed E-state index contributed by atoms with van der Waals surface area (Å²) >= 11 is 0. The first-order chi connectivity index (χ1) is 9.84. The van der Waals surface area contributed by atoms with E-state index in [4.69, 9.17) is 0 Å². The number of aromatic nitrogens is 1. The Morgan fingerprint density at radius 2 is 1.40 bits per heavy atom. The minimum atomic E-state index is 1.08. The fourth-order valence-corrected chi connectivity index (χ4v) is 2.69. The van der Waals surface area contributed by atoms with Crippen molar-refractivity contribution in [1.82, 2.24) is 4.57 Å². The lowest BCUT2D eigenvalue weighted by atomic mass is 10.0. The highest BCUT2D eigenvalue weighted by atomic mass is 14.9. The molecule has 3 rings (SSSR count). The smallest absolute Gasteiger partial charge is 0.0510 e. The van der Waals surface area contributed by atoms with Gasteiger partial charge in [-0.1, -0.05) is 60.7 Å². The minimum Gasteiger partial charge on any atom is -0.350 e. The van der Waals surface area contributed by atoms with Gasteiger partial charge in [-0.2, -0.15) is 0 Å². The number of nitrogens with zero attached hydrogens (tertiary/aromatic N) is 1. The van der Waals surface area contributed by atoms with E-state index in [1.807, 2.05) is 0 Å². The highest BCUT2D eigenvalue weighted by Crippen LogP contribution is 2.25. The summed E-state index contributed by atoms with van der Waals surface area (Å²) in [7, 11) is 2.12. The minimum absolute atomic E-state index is 1.08. The van der Waals surface area contributed by atoms with Crippen molar-refractivity contribution in [3.05, 3.63) is 84.1 Å². The van der Waals surface area contributed by atoms with Gasteiger partial charge in [0, 0.05) is 13.2 Å². The largest absolute Gasteiger partial charge is 0.350 e. The zero-order valence-corrected chi connectivity index (χ0v) is 11.8. The van der Waals surface area contributed by atoms with E-state index >= 15 is 0 Å². The molecule has 0 bridgehead atoms. The molecule has 0 unspecified atom stereocenters. The van der Waals surface area contributed by atoms with Crippen LogP contribution in [-0.2, 0) is 19.9 Å². The Labute approximate surface area is 120 Å². The Hall–Kier alpha value is -2.28. The lowest BCUT2D eigenvalue weighted by Crippen LogP contribution is -1.96. The molecule has 1 aromatic heterocycles. The van der Waals surface area contributed by atoms with Gasteiger partial charge >= 0.3 is 0 Å². The number of aryl methyl sites for hydroxylation is 3. The van der Waals surface area contributed by atoms with Gasteiger partial charge in [-0.25, -0.2) is 0 Å². The average Bonchev–Trinajstić information content (AvgIpc) is 2.88. The van der Waals surface area contributed by atoms with Crippen LogP contribution >= 0.6 is 0 Å². The molecule has 0 amide bonds. The maximum absolute atomic E-state index is 2.24. The SMILES string of the molecule is Cn1ccc(CCc2ccccc2)c1-c1ccccc1. The lowest BCUT2D eigenvalue weighted by Gasteiger charge is -2.08. The van der Waals surface area contributed by atoms with Gasteiger partial charge in [0.1, 0.15) is 0 Å². The van der Waals surface area contributed by atoms with Crippen LogP contribution in [0.5, 0.6) is 0 Å². The summed E-state index contributed by atoms with van der Waals surface area (Å²) in [5, 5.41) is 0. The van der Waals surface area contributed by atoms with Crippen LogP contribution in [0, 0.1) is 0 Å². The Kier molecular flexibility index (Phi) is 3.69. The summed E-state index contributed by atoms with van der Waals surface area (Å²) in [6.07, 6.45) is 4.32. The van der Waals surface area contributed by atoms with Crippen molar-refractivity contribution in [1.29, 1.82) is 0 Å². The molecule has 1 heterocycles. The zero-order chi connectivity index (χ0) is 13.8. The van der Waals surface area contributed by atoms with Crippen molar-refractivity contribution in [2.45, 2.75) is 12.8 Å². The third-order valence-electron chi connectivity index (χ3n) is 3.73. The average molecular weight is 261 g/mol. The van der Waals surface area contributed by atoms with Crippen molar-refractivity contribution in [3.63, 3.8) is 0 Å². The van der Waals surface area contributed by atoms with Gasteiger partial charge in [0.05, 0.1) is 5.69 Å². The van der Waals surface area contributed by atoms with Crippen LogP contribution in [0.4, 0.5) is 0 Å². The maximum atomic E-state index is 2.24. The molecule has 100 valence electrons. The first-order valence-corrected chi connectivity index (χ1v) is 7.08. The van der Waals surface area contributed by atoms with Crippen LogP contribution in [0.2, 0.25) is 0 Å². The predicted octanol–water partition coefficient (Wildman–Crippen LogP) is 4.48. The molecule has 0 aliphatic rings. The third kappa shape index (κ3) is 2.67. The summed E-state index contributed by atoms with van der Waals surface area (Å²) < 4.78 is 2.22. The van der Waals surface area contributed by atoms with Crippen molar-refractivity contribution >= 4 is 0 Å². The van der Waals surface area contributed by atoms with Crippen LogP contribution in [0.1, 0.15) is 11.1 Å². The van der Waals surface area contributed by atoms with Gasteiger partial charge in [0.2, 0.25) is 0 Å². The molecule has 3 aromatic rings. The van der Waals surface area contributed by atoms with Gasteiger partial charge in [-0.15, -0.1) is 0 Å². The molecule has 1 nitrogen and oxygen atoms in total. The summed E-state index contributed by atoms with van der Waals surface area (Å²) in [6, 6.07) is 23.6. The molecular weight excluding hydrogens is 242 g/mol. The van der Waals surface area contributed by atoms with E-state index in [9.17, 15) is 0 Å². The zero-order valence-electron chi connectivity index (χ0n) is 11.8. The van der Waals surface area contributed by atoms with Gasteiger partial charge in [0.25, 0.3) is 0 Å². The van der Waals surface area contributed by atoms with Crippen LogP contribution in [0.3, 0.4) is 0 Å². The third-order valence-corrected chi connectivity index (χ3v) is 3.73. The van der Waals surface area contributed by atoms with Crippen LogP contribution in [0.15, 0.2) is 72.9 Å². The number of hydrogen-bond donors (Lipinski definition) is 0. The van der Waals surface area contributed by atoms with E-state index in [1.54, 1.807) is 0 Å². The van der Waals surface area contributed by atoms with E-state index in [0.29, 0.717) is 0 Å². The lowest BCUT2D eigenvalue weighted by molar-refractivity contribution is 0.914. The van der Waals surface area contributed by atoms with Crippen LogP contribution in [0.25, 0.3) is 11.3 Å². The van der Waals surface area contributed by atoms with Gasteiger partial charge < -0.3 is 4.57 Å². The molecule has 0 saturated heterocycles. The van der Waals surface area contributed by atoms with Crippen molar-refractivity contribution < 1.29 is 0 Å². The summed E-state index contributed by atoms with van der Waals surface area (Å²) in [5.41, 5.74) is 5.45. The summed E-state index contributed by atoms with van der Waals surface area (Å²) in [4.78, 5) is 0. The monoisotopic (exact) mass is 261 g/mol. The standard InChI is InChI=1S/C19H19N/c1-20-15-14-18(13-12-16-8-4-2-5-9-16)19(20)17-10-6-3-7-11-17/h2-11,14-15H,12-13H2,1H3. The second-order valence-electron chi connectivity index (χ2n) is 5.15. The molecular formula is C19H19N. The Bertz CT molecular complexity index is 666. The summed E-state index contributed by atoms with van der Waals surface area (Å²) in [5.74, 6) is 0. The fourth-order valence-electron chi connectivity index (χ4n) is 2.69. The molecule has 20 heavy (non-hydrogen) atoms. The van der Waals surface area contributed by atoms with Gasteiger partial charge in [0.15, 0.2) is 0 Å². The van der Waals surface area contributed by atoms with E-state index in [2.05, 4.69) is 84.5 Å². The van der Waals surface area contributed by atoms with E-state index in [0.717, 1.165) is 12.8 Å². The molecule has 0 radical (unpaired) electrons. The molecule has 0 spiro atoms. The molecule has 0 saturated carbocycles. The predicted molar refractivity (Wildman–Crippen MR) is 84.7 cm³/mol. The normalized spacial score (nSPS) is 10.7. The first kappa shape index (κ1) is 12.7. The fraction of sp³-hybridized carbons (Fsp3) is 0.158. The van der Waals surface area contributed by atoms with Crippen LogP contribution < -0.4 is 0 Å². The first-order valence-electron chi connectivity index (χ1n) is 7.08. The van der Waals surface area contributed by atoms with E-state index in [1.165, 1.54) is 22.4 Å². The summed E-state index contributed by atoms with van der Waals surface area (Å²) in [6.45, 7) is 0. The molecule has 2 aromatic carbocycles. The van der Waals surface area contributed by atoms with Gasteiger partial charge in [-0.05, 0) is 35.6 Å². The molecule has 0 N–H and O–H groups in total. The maximum Gasteiger partial charge on any atom is 0.0510 e. The quantitative estimate of drug-likeness (QED) is 0.652. The second-order valence-corrected chi connectivity index (χ2v) is 5.15. The molecule has 0 aliphatic carbocycles. The van der Waals surface area contributed by atoms with Crippen LogP contribution in [-0.4, -0.2) is 4.57 Å². The Morgan fingerprint density at radius 3 is 2.10 bits per heavy atom.